The zero-order valence-electron chi connectivity index (χ0n) is 7.86. The lowest BCUT2D eigenvalue weighted by atomic mass is 10.4. The van der Waals surface area contributed by atoms with Crippen molar-refractivity contribution < 1.29 is 9.53 Å². The second-order valence-corrected chi connectivity index (χ2v) is 2.55. The molecule has 3 N–H and O–H groups in total. The maximum Gasteiger partial charge on any atom is 0.234 e. The van der Waals surface area contributed by atoms with Crippen LogP contribution < -0.4 is 15.8 Å². The van der Waals surface area contributed by atoms with Gasteiger partial charge in [0.2, 0.25) is 11.8 Å². The average molecular weight is 196 g/mol. The number of nitrogens with zero attached hydrogens (tertiary/aromatic N) is 2. The van der Waals surface area contributed by atoms with Crippen molar-refractivity contribution >= 4 is 5.91 Å². The van der Waals surface area contributed by atoms with Crippen LogP contribution in [0.1, 0.15) is 5.69 Å². The summed E-state index contributed by atoms with van der Waals surface area (Å²) in [6.07, 6.45) is 0. The summed E-state index contributed by atoms with van der Waals surface area (Å²) < 4.78 is 4.83. The molecule has 0 aliphatic carbocycles. The average Bonchev–Trinajstić information content (AvgIpc) is 2.26. The molecule has 0 fully saturated rings. The Hall–Kier alpha value is -1.69. The minimum atomic E-state index is -0.220. The summed E-state index contributed by atoms with van der Waals surface area (Å²) in [6.45, 7) is 0.302. The summed E-state index contributed by atoms with van der Waals surface area (Å²) >= 11 is 0. The van der Waals surface area contributed by atoms with Gasteiger partial charge >= 0.3 is 0 Å². The Kier molecular flexibility index (Phi) is 3.81. The van der Waals surface area contributed by atoms with Gasteiger partial charge in [-0.25, -0.2) is 0 Å². The van der Waals surface area contributed by atoms with E-state index in [2.05, 4.69) is 15.5 Å². The second-order valence-electron chi connectivity index (χ2n) is 2.55. The number of carbonyl (C=O) groups excluding carboxylic acids is 1. The van der Waals surface area contributed by atoms with Crippen LogP contribution in [0.5, 0.6) is 5.88 Å². The Morgan fingerprint density at radius 3 is 2.86 bits per heavy atom. The van der Waals surface area contributed by atoms with Gasteiger partial charge in [-0.05, 0) is 6.07 Å². The molecule has 1 rings (SSSR count). The van der Waals surface area contributed by atoms with Crippen LogP contribution in [-0.2, 0) is 11.3 Å². The van der Waals surface area contributed by atoms with Crippen molar-refractivity contribution in [3.8, 4) is 5.88 Å². The minimum absolute atomic E-state index is 0.0242. The number of nitrogens with one attached hydrogen (secondary N) is 1. The van der Waals surface area contributed by atoms with E-state index in [9.17, 15) is 4.79 Å². The predicted octanol–water partition coefficient (Wildman–Crippen LogP) is -0.940. The molecule has 0 bridgehead atoms. The van der Waals surface area contributed by atoms with E-state index in [1.54, 1.807) is 12.1 Å². The quantitative estimate of drug-likeness (QED) is 0.648. The fourth-order valence-electron chi connectivity index (χ4n) is 0.812. The number of aromatic nitrogens is 2. The molecule has 0 spiro atoms. The number of rotatable bonds is 4. The number of hydrogen-bond acceptors (Lipinski definition) is 5. The van der Waals surface area contributed by atoms with Crippen molar-refractivity contribution in [2.45, 2.75) is 6.54 Å². The Labute approximate surface area is 81.5 Å². The lowest BCUT2D eigenvalue weighted by molar-refractivity contribution is -0.119. The molecule has 0 atom stereocenters. The molecular formula is C8H12N4O2. The molecule has 0 unspecified atom stereocenters. The normalized spacial score (nSPS) is 9.57. The van der Waals surface area contributed by atoms with E-state index in [1.165, 1.54) is 7.11 Å². The van der Waals surface area contributed by atoms with E-state index in [-0.39, 0.29) is 12.5 Å². The minimum Gasteiger partial charge on any atom is -0.480 e. The van der Waals surface area contributed by atoms with Crippen LogP contribution in [0.2, 0.25) is 0 Å². The van der Waals surface area contributed by atoms with E-state index in [0.29, 0.717) is 18.1 Å². The van der Waals surface area contributed by atoms with Gasteiger partial charge < -0.3 is 15.8 Å². The Bertz CT molecular complexity index is 299. The van der Waals surface area contributed by atoms with Gasteiger partial charge in [0.25, 0.3) is 0 Å². The van der Waals surface area contributed by atoms with E-state index < -0.39 is 0 Å². The van der Waals surface area contributed by atoms with Crippen LogP contribution in [0.15, 0.2) is 12.1 Å². The van der Waals surface area contributed by atoms with Crippen molar-refractivity contribution in [1.29, 1.82) is 0 Å². The molecule has 0 aliphatic heterocycles. The van der Waals surface area contributed by atoms with Crippen LogP contribution in [0.4, 0.5) is 0 Å². The Balaban J connectivity index is 2.47. The highest BCUT2D eigenvalue weighted by molar-refractivity contribution is 5.77. The van der Waals surface area contributed by atoms with Gasteiger partial charge in [-0.1, -0.05) is 0 Å². The van der Waals surface area contributed by atoms with Gasteiger partial charge in [-0.3, -0.25) is 4.79 Å². The predicted molar refractivity (Wildman–Crippen MR) is 49.5 cm³/mol. The van der Waals surface area contributed by atoms with Crippen molar-refractivity contribution in [3.63, 3.8) is 0 Å². The molecule has 1 amide bonds. The van der Waals surface area contributed by atoms with Crippen LogP contribution >= 0.6 is 0 Å². The number of hydrogen-bond donors (Lipinski definition) is 2. The maximum atomic E-state index is 10.8. The molecule has 6 heteroatoms. The SMILES string of the molecule is COc1ccc(CNC(=O)CN)nn1. The van der Waals surface area contributed by atoms with E-state index in [1.807, 2.05) is 0 Å². The molecule has 1 heterocycles. The number of carbonyl (C=O) groups is 1. The molecule has 0 aromatic carbocycles. The zero-order valence-corrected chi connectivity index (χ0v) is 7.86. The molecule has 0 aliphatic rings. The Morgan fingerprint density at radius 2 is 2.36 bits per heavy atom. The first-order valence-electron chi connectivity index (χ1n) is 4.09. The van der Waals surface area contributed by atoms with Gasteiger partial charge in [0.05, 0.1) is 25.9 Å². The van der Waals surface area contributed by atoms with E-state index in [4.69, 9.17) is 10.5 Å². The van der Waals surface area contributed by atoms with Crippen LogP contribution in [0.25, 0.3) is 0 Å². The molecule has 6 nitrogen and oxygen atoms in total. The van der Waals surface area contributed by atoms with E-state index >= 15 is 0 Å². The third kappa shape index (κ3) is 2.98. The molecule has 14 heavy (non-hydrogen) atoms. The standard InChI is InChI=1S/C8H12N4O2/c1-14-8-3-2-6(11-12-8)5-10-7(13)4-9/h2-3H,4-5,9H2,1H3,(H,10,13). The molecule has 1 aromatic rings. The van der Waals surface area contributed by atoms with Crippen LogP contribution in [0.3, 0.4) is 0 Å². The third-order valence-corrected chi connectivity index (χ3v) is 1.56. The molecule has 0 radical (unpaired) electrons. The second kappa shape index (κ2) is 5.13. The van der Waals surface area contributed by atoms with Gasteiger partial charge in [0.1, 0.15) is 0 Å². The van der Waals surface area contributed by atoms with E-state index in [0.717, 1.165) is 0 Å². The molecule has 76 valence electrons. The summed E-state index contributed by atoms with van der Waals surface area (Å²) in [6, 6.07) is 3.40. The summed E-state index contributed by atoms with van der Waals surface area (Å²) in [5.74, 6) is 0.224. The zero-order chi connectivity index (χ0) is 10.4. The molecule has 0 saturated heterocycles. The van der Waals surface area contributed by atoms with Crippen LogP contribution in [-0.4, -0.2) is 29.8 Å². The first kappa shape index (κ1) is 10.4. The highest BCUT2D eigenvalue weighted by Crippen LogP contribution is 2.02. The van der Waals surface area contributed by atoms with Crippen molar-refractivity contribution in [1.82, 2.24) is 15.5 Å². The van der Waals surface area contributed by atoms with Gasteiger partial charge in [-0.15, -0.1) is 5.10 Å². The summed E-state index contributed by atoms with van der Waals surface area (Å²) in [5.41, 5.74) is 5.77. The third-order valence-electron chi connectivity index (χ3n) is 1.56. The monoisotopic (exact) mass is 196 g/mol. The lowest BCUT2D eigenvalue weighted by Crippen LogP contribution is -2.30. The first-order valence-corrected chi connectivity index (χ1v) is 4.09. The number of methoxy groups -OCH3 is 1. The maximum absolute atomic E-state index is 10.8. The highest BCUT2D eigenvalue weighted by atomic mass is 16.5. The van der Waals surface area contributed by atoms with Crippen molar-refractivity contribution in [3.05, 3.63) is 17.8 Å². The van der Waals surface area contributed by atoms with Crippen molar-refractivity contribution in [2.75, 3.05) is 13.7 Å². The summed E-state index contributed by atoms with van der Waals surface area (Å²) in [7, 11) is 1.51. The Morgan fingerprint density at radius 1 is 1.57 bits per heavy atom. The van der Waals surface area contributed by atoms with Crippen molar-refractivity contribution in [2.24, 2.45) is 5.73 Å². The van der Waals surface area contributed by atoms with Crippen LogP contribution in [0, 0.1) is 0 Å². The lowest BCUT2D eigenvalue weighted by Gasteiger charge is -2.02. The smallest absolute Gasteiger partial charge is 0.234 e. The fourth-order valence-corrected chi connectivity index (χ4v) is 0.812. The summed E-state index contributed by atoms with van der Waals surface area (Å²) in [5, 5.41) is 10.2. The van der Waals surface area contributed by atoms with Gasteiger partial charge in [0.15, 0.2) is 0 Å². The van der Waals surface area contributed by atoms with Gasteiger partial charge in [-0.2, -0.15) is 5.10 Å². The molecule has 0 saturated carbocycles. The topological polar surface area (TPSA) is 90.1 Å². The number of ether oxygens (including phenoxy) is 1. The molecular weight excluding hydrogens is 184 g/mol. The molecule has 1 aromatic heterocycles. The first-order chi connectivity index (χ1) is 6.76. The fraction of sp³-hybridized carbons (Fsp3) is 0.375. The highest BCUT2D eigenvalue weighted by Gasteiger charge is 1.99. The summed E-state index contributed by atoms with van der Waals surface area (Å²) in [4.78, 5) is 10.8. The number of nitrogens with two attached hydrogens (primary N) is 1. The largest absolute Gasteiger partial charge is 0.480 e. The van der Waals surface area contributed by atoms with Gasteiger partial charge in [0, 0.05) is 6.07 Å². The number of amides is 1.